The number of methoxy groups -OCH3 is 1. The minimum atomic E-state index is -4.59. The quantitative estimate of drug-likeness (QED) is 0.291. The van der Waals surface area contributed by atoms with E-state index < -0.39 is 57.4 Å². The summed E-state index contributed by atoms with van der Waals surface area (Å²) in [5, 5.41) is 1.65. The first kappa shape index (κ1) is 31.8. The van der Waals surface area contributed by atoms with Gasteiger partial charge in [0.25, 0.3) is 15.9 Å². The van der Waals surface area contributed by atoms with Gasteiger partial charge in [0.05, 0.1) is 19.7 Å². The largest absolute Gasteiger partial charge is 0.497 e. The zero-order valence-electron chi connectivity index (χ0n) is 25.5. The van der Waals surface area contributed by atoms with Gasteiger partial charge >= 0.3 is 5.12 Å². The molecule has 0 saturated carbocycles. The summed E-state index contributed by atoms with van der Waals surface area (Å²) in [5.41, 5.74) is 2.75. The Morgan fingerprint density at radius 3 is 2.26 bits per heavy atom. The van der Waals surface area contributed by atoms with Crippen LogP contribution in [0.25, 0.3) is 11.1 Å². The maximum absolute atomic E-state index is 14.2. The lowest BCUT2D eigenvalue weighted by Gasteiger charge is -2.28. The number of nitrogens with zero attached hydrogens (tertiary/aromatic N) is 3. The number of fused-ring (bicyclic) bond motifs is 1. The Hall–Kier alpha value is -5.20. The number of hydrogen-bond donors (Lipinski definition) is 1. The molecule has 4 aromatic rings. The van der Waals surface area contributed by atoms with Crippen molar-refractivity contribution in [1.82, 2.24) is 19.5 Å². The highest BCUT2D eigenvalue weighted by molar-refractivity contribution is 8.04. The normalized spacial score (nSPS) is 18.4. The molecule has 2 fully saturated rings. The summed E-state index contributed by atoms with van der Waals surface area (Å²) in [5.74, 6) is -0.870. The van der Waals surface area contributed by atoms with E-state index in [9.17, 15) is 27.6 Å². The summed E-state index contributed by atoms with van der Waals surface area (Å²) in [4.78, 5) is 59.1. The lowest BCUT2D eigenvalue weighted by molar-refractivity contribution is -0.138. The van der Waals surface area contributed by atoms with Crippen LogP contribution >= 0.6 is 0 Å². The minimum Gasteiger partial charge on any atom is -0.497 e. The van der Waals surface area contributed by atoms with Crippen LogP contribution in [-0.4, -0.2) is 83.6 Å². The first-order valence-electron chi connectivity index (χ1n) is 15.1. The molecule has 0 aliphatic carbocycles. The molecule has 1 aromatic heterocycles. The average molecular weight is 653 g/mol. The summed E-state index contributed by atoms with van der Waals surface area (Å²) in [6.45, 7) is -0.465. The third kappa shape index (κ3) is 6.42. The average Bonchev–Trinajstić information content (AvgIpc) is 3.69. The van der Waals surface area contributed by atoms with Crippen LogP contribution in [0.4, 0.5) is 0 Å². The van der Waals surface area contributed by atoms with Gasteiger partial charge in [-0.05, 0) is 59.5 Å². The fraction of sp³-hybridized carbons (Fsp3) is 0.229. The monoisotopic (exact) mass is 652 g/mol. The van der Waals surface area contributed by atoms with Crippen LogP contribution in [0.5, 0.6) is 5.75 Å². The first-order chi connectivity index (χ1) is 22.7. The predicted molar refractivity (Wildman–Crippen MR) is 173 cm³/mol. The third-order valence-corrected chi connectivity index (χ3v) is 10.2. The number of carbonyl (C=O) groups excluding carboxylic acids is 4. The molecule has 0 spiro atoms. The number of pyridine rings is 1. The van der Waals surface area contributed by atoms with Gasteiger partial charge in [-0.1, -0.05) is 60.7 Å². The van der Waals surface area contributed by atoms with Gasteiger partial charge in [-0.3, -0.25) is 24.2 Å². The van der Waals surface area contributed by atoms with Crippen LogP contribution in [0.3, 0.4) is 0 Å². The van der Waals surface area contributed by atoms with Gasteiger partial charge < -0.3 is 15.0 Å². The number of carbonyl (C=O) groups is 4. The second-order valence-corrected chi connectivity index (χ2v) is 13.2. The van der Waals surface area contributed by atoms with Crippen molar-refractivity contribution in [3.05, 3.63) is 120 Å². The summed E-state index contributed by atoms with van der Waals surface area (Å²) in [6.07, 6.45) is 1.57. The topological polar surface area (TPSA) is 143 Å². The highest BCUT2D eigenvalue weighted by Gasteiger charge is 2.55. The minimum absolute atomic E-state index is 0.0739. The maximum atomic E-state index is 14.2. The molecule has 2 aliphatic heterocycles. The molecule has 3 unspecified atom stereocenters. The van der Waals surface area contributed by atoms with Crippen molar-refractivity contribution in [2.24, 2.45) is 0 Å². The van der Waals surface area contributed by atoms with Crippen LogP contribution in [-0.2, 0) is 26.0 Å². The van der Waals surface area contributed by atoms with Gasteiger partial charge in [0.15, 0.2) is 5.78 Å². The van der Waals surface area contributed by atoms with Crippen LogP contribution in [0.2, 0.25) is 0 Å². The first-order valence-corrected chi connectivity index (χ1v) is 16.5. The maximum Gasteiger partial charge on any atom is 0.310 e. The molecule has 2 amide bonds. The molecule has 2 aliphatic rings. The molecule has 0 radical (unpaired) electrons. The Kier molecular flexibility index (Phi) is 8.97. The van der Waals surface area contributed by atoms with E-state index in [4.69, 9.17) is 4.74 Å². The van der Waals surface area contributed by atoms with E-state index in [2.05, 4.69) is 10.3 Å². The van der Waals surface area contributed by atoms with E-state index in [1.165, 1.54) is 23.2 Å². The molecule has 12 heteroatoms. The second-order valence-electron chi connectivity index (χ2n) is 11.4. The zero-order chi connectivity index (χ0) is 33.1. The van der Waals surface area contributed by atoms with Gasteiger partial charge in [0, 0.05) is 24.7 Å². The Balaban J connectivity index is 1.24. The second kappa shape index (κ2) is 13.3. The SMILES string of the molecule is COc1ccc(CC(NC(=O)c2ccc(-c3ccccc3)cc2)C(=O)N2CCC3C2C(=O)CN3S(=O)(=O)C(=O)c2ccccn2)cc1. The number of aromatic nitrogens is 1. The number of ether oxygens (including phenoxy) is 1. The summed E-state index contributed by atoms with van der Waals surface area (Å²) in [6, 6.07) is 25.1. The van der Waals surface area contributed by atoms with E-state index in [0.29, 0.717) is 11.3 Å². The molecule has 1 N–H and O–H groups in total. The summed E-state index contributed by atoms with van der Waals surface area (Å²) >= 11 is 0. The number of ketones is 1. The smallest absolute Gasteiger partial charge is 0.310 e. The van der Waals surface area contributed by atoms with Gasteiger partial charge in [0.1, 0.15) is 23.5 Å². The Morgan fingerprint density at radius 1 is 0.915 bits per heavy atom. The number of sulfonamides is 1. The van der Waals surface area contributed by atoms with E-state index in [0.717, 1.165) is 21.0 Å². The van der Waals surface area contributed by atoms with Gasteiger partial charge in [0.2, 0.25) is 5.91 Å². The number of Topliss-reactive ketones (excluding diaryl/α,β-unsaturated/α-hetero) is 1. The molecule has 2 saturated heterocycles. The summed E-state index contributed by atoms with van der Waals surface area (Å²) < 4.78 is 32.8. The molecule has 47 heavy (non-hydrogen) atoms. The fourth-order valence-corrected chi connectivity index (χ4v) is 7.62. The molecule has 3 atom stereocenters. The lowest BCUT2D eigenvalue weighted by Crippen LogP contribution is -2.53. The van der Waals surface area contributed by atoms with Gasteiger partial charge in [-0.25, -0.2) is 8.42 Å². The Labute approximate surface area is 272 Å². The third-order valence-electron chi connectivity index (χ3n) is 8.53. The van der Waals surface area contributed by atoms with Crippen molar-refractivity contribution < 1.29 is 32.3 Å². The molecular weight excluding hydrogens is 620 g/mol. The van der Waals surface area contributed by atoms with Gasteiger partial charge in [-0.2, -0.15) is 4.31 Å². The van der Waals surface area contributed by atoms with Crippen molar-refractivity contribution in [2.45, 2.75) is 31.0 Å². The number of benzene rings is 3. The molecule has 11 nitrogen and oxygen atoms in total. The van der Waals surface area contributed by atoms with Crippen molar-refractivity contribution in [3.63, 3.8) is 0 Å². The van der Waals surface area contributed by atoms with E-state index in [1.54, 1.807) is 49.6 Å². The van der Waals surface area contributed by atoms with Crippen molar-refractivity contribution in [1.29, 1.82) is 0 Å². The highest BCUT2D eigenvalue weighted by atomic mass is 32.2. The zero-order valence-corrected chi connectivity index (χ0v) is 26.3. The van der Waals surface area contributed by atoms with Crippen LogP contribution < -0.4 is 10.1 Å². The van der Waals surface area contributed by atoms with Crippen LogP contribution in [0.15, 0.2) is 103 Å². The number of rotatable bonds is 9. The lowest BCUT2D eigenvalue weighted by atomic mass is 10.0. The predicted octanol–water partition coefficient (Wildman–Crippen LogP) is 3.12. The Morgan fingerprint density at radius 2 is 1.60 bits per heavy atom. The molecule has 240 valence electrons. The van der Waals surface area contributed by atoms with Crippen molar-refractivity contribution in [3.8, 4) is 16.9 Å². The van der Waals surface area contributed by atoms with E-state index >= 15 is 0 Å². The number of likely N-dealkylation sites (tertiary alicyclic amines) is 1. The van der Waals surface area contributed by atoms with Crippen molar-refractivity contribution >= 4 is 32.7 Å². The molecular formula is C35H32N4O7S. The molecule has 3 heterocycles. The standard InChI is InChI=1S/C35H32N4O7S/c1-46-27-16-10-23(11-17-27)21-29(37-33(41)26-14-12-25(13-15-26)24-7-3-2-4-8-24)34(42)38-20-18-30-32(38)31(40)22-39(30)47(44,45)35(43)28-9-5-6-19-36-28/h2-17,19,29-30,32H,18,20-22H2,1H3,(H,37,41). The number of amides is 2. The number of nitrogens with one attached hydrogen (secondary N) is 1. The highest BCUT2D eigenvalue weighted by Crippen LogP contribution is 2.33. The fourth-order valence-electron chi connectivity index (χ4n) is 6.15. The molecule has 3 aromatic carbocycles. The molecule has 0 bridgehead atoms. The number of hydrogen-bond acceptors (Lipinski definition) is 8. The van der Waals surface area contributed by atoms with E-state index in [-0.39, 0.29) is 25.1 Å². The van der Waals surface area contributed by atoms with Crippen LogP contribution in [0, 0.1) is 0 Å². The summed E-state index contributed by atoms with van der Waals surface area (Å²) in [7, 11) is -3.05. The molecule has 6 rings (SSSR count). The Bertz CT molecular complexity index is 1900. The van der Waals surface area contributed by atoms with Crippen LogP contribution in [0.1, 0.15) is 32.8 Å². The van der Waals surface area contributed by atoms with Crippen molar-refractivity contribution in [2.75, 3.05) is 20.2 Å². The van der Waals surface area contributed by atoms with E-state index in [1.807, 2.05) is 42.5 Å². The van der Waals surface area contributed by atoms with Gasteiger partial charge in [-0.15, -0.1) is 0 Å².